The molecule has 0 radical (unpaired) electrons. The summed E-state index contributed by atoms with van der Waals surface area (Å²) in [7, 11) is 0. The third kappa shape index (κ3) is 4.04. The fraction of sp³-hybridized carbons (Fsp3) is 0.333. The molecule has 0 aliphatic carbocycles. The van der Waals surface area contributed by atoms with Gasteiger partial charge in [0.05, 0.1) is 11.0 Å². The molecular weight excluding hydrogens is 326 g/mol. The standard InChI is InChI=1S/C21H25N3O2/c1-13-8-9-14(2)18(12-13)26-16(4)21(25)22-11-10-19-23-17-7-5-6-15(3)20(17)24-19/h5-9,12,16H,10-11H2,1-4H3,(H,22,25)(H,23,24)/t16-/m1/s1. The SMILES string of the molecule is Cc1ccc(C)c(O[C@H](C)C(=O)NCCc2nc3c(C)cccc3[nH]2)c1. The molecule has 1 aromatic heterocycles. The Morgan fingerprint density at radius 1 is 1.19 bits per heavy atom. The van der Waals surface area contributed by atoms with E-state index in [-0.39, 0.29) is 5.91 Å². The Balaban J connectivity index is 1.54. The van der Waals surface area contributed by atoms with Crippen LogP contribution in [0.3, 0.4) is 0 Å². The van der Waals surface area contributed by atoms with E-state index in [4.69, 9.17) is 4.74 Å². The number of hydrogen-bond donors (Lipinski definition) is 2. The van der Waals surface area contributed by atoms with Gasteiger partial charge in [0.25, 0.3) is 5.91 Å². The smallest absolute Gasteiger partial charge is 0.260 e. The Morgan fingerprint density at radius 3 is 2.77 bits per heavy atom. The average molecular weight is 351 g/mol. The van der Waals surface area contributed by atoms with Crippen LogP contribution in [0.4, 0.5) is 0 Å². The minimum atomic E-state index is -0.548. The lowest BCUT2D eigenvalue weighted by Crippen LogP contribution is -2.37. The summed E-state index contributed by atoms with van der Waals surface area (Å²) < 4.78 is 5.82. The van der Waals surface area contributed by atoms with Crippen LogP contribution in [0.5, 0.6) is 5.75 Å². The van der Waals surface area contributed by atoms with Crippen molar-refractivity contribution in [1.29, 1.82) is 0 Å². The Hall–Kier alpha value is -2.82. The fourth-order valence-corrected chi connectivity index (χ4v) is 2.87. The predicted octanol–water partition coefficient (Wildman–Crippen LogP) is 3.61. The molecule has 3 aromatic rings. The van der Waals surface area contributed by atoms with Crippen LogP contribution in [0.15, 0.2) is 36.4 Å². The Labute approximate surface area is 153 Å². The van der Waals surface area contributed by atoms with Crippen LogP contribution in [0, 0.1) is 20.8 Å². The Morgan fingerprint density at radius 2 is 2.00 bits per heavy atom. The molecule has 0 fully saturated rings. The van der Waals surface area contributed by atoms with Crippen molar-refractivity contribution < 1.29 is 9.53 Å². The molecule has 2 N–H and O–H groups in total. The van der Waals surface area contributed by atoms with Gasteiger partial charge in [-0.15, -0.1) is 0 Å². The van der Waals surface area contributed by atoms with Gasteiger partial charge in [0.2, 0.25) is 0 Å². The highest BCUT2D eigenvalue weighted by Crippen LogP contribution is 2.20. The van der Waals surface area contributed by atoms with Crippen LogP contribution < -0.4 is 10.1 Å². The number of amides is 1. The van der Waals surface area contributed by atoms with Gasteiger partial charge in [-0.1, -0.05) is 24.3 Å². The van der Waals surface area contributed by atoms with Gasteiger partial charge >= 0.3 is 0 Å². The van der Waals surface area contributed by atoms with Crippen LogP contribution in [-0.2, 0) is 11.2 Å². The van der Waals surface area contributed by atoms with Gasteiger partial charge in [0.15, 0.2) is 6.10 Å². The number of aryl methyl sites for hydroxylation is 3. The van der Waals surface area contributed by atoms with Gasteiger partial charge in [-0.2, -0.15) is 0 Å². The second-order valence-corrected chi connectivity index (χ2v) is 6.72. The van der Waals surface area contributed by atoms with Crippen molar-refractivity contribution in [2.45, 2.75) is 40.2 Å². The van der Waals surface area contributed by atoms with Gasteiger partial charge in [-0.05, 0) is 56.5 Å². The van der Waals surface area contributed by atoms with Gasteiger partial charge < -0.3 is 15.0 Å². The van der Waals surface area contributed by atoms with Crippen molar-refractivity contribution in [3.63, 3.8) is 0 Å². The lowest BCUT2D eigenvalue weighted by Gasteiger charge is -2.16. The van der Waals surface area contributed by atoms with E-state index < -0.39 is 6.10 Å². The normalized spacial score (nSPS) is 12.2. The maximum Gasteiger partial charge on any atom is 0.260 e. The molecule has 5 nitrogen and oxygen atoms in total. The van der Waals surface area contributed by atoms with Crippen LogP contribution >= 0.6 is 0 Å². The van der Waals surface area contributed by atoms with Crippen molar-refractivity contribution in [2.24, 2.45) is 0 Å². The predicted molar refractivity (Wildman–Crippen MR) is 104 cm³/mol. The number of fused-ring (bicyclic) bond motifs is 1. The molecule has 136 valence electrons. The van der Waals surface area contributed by atoms with Gasteiger partial charge in [0, 0.05) is 13.0 Å². The zero-order valence-electron chi connectivity index (χ0n) is 15.7. The Bertz CT molecular complexity index is 930. The number of rotatable bonds is 6. The molecule has 0 bridgehead atoms. The molecule has 3 rings (SSSR count). The molecule has 0 spiro atoms. The molecule has 0 unspecified atom stereocenters. The molecule has 0 aliphatic heterocycles. The minimum absolute atomic E-state index is 0.127. The number of para-hydroxylation sites is 1. The highest BCUT2D eigenvalue weighted by molar-refractivity contribution is 5.81. The van der Waals surface area contributed by atoms with Crippen molar-refractivity contribution in [1.82, 2.24) is 15.3 Å². The number of nitrogens with one attached hydrogen (secondary N) is 2. The lowest BCUT2D eigenvalue weighted by atomic mass is 10.1. The number of nitrogens with zero attached hydrogens (tertiary/aromatic N) is 1. The molecule has 0 aliphatic rings. The first-order valence-corrected chi connectivity index (χ1v) is 8.90. The molecule has 26 heavy (non-hydrogen) atoms. The summed E-state index contributed by atoms with van der Waals surface area (Å²) >= 11 is 0. The number of aromatic amines is 1. The van der Waals surface area contributed by atoms with E-state index >= 15 is 0 Å². The monoisotopic (exact) mass is 351 g/mol. The fourth-order valence-electron chi connectivity index (χ4n) is 2.87. The van der Waals surface area contributed by atoms with Crippen molar-refractivity contribution in [3.8, 4) is 5.75 Å². The number of ether oxygens (including phenoxy) is 1. The van der Waals surface area contributed by atoms with Crippen LogP contribution in [0.1, 0.15) is 29.4 Å². The maximum absolute atomic E-state index is 12.3. The van der Waals surface area contributed by atoms with Crippen molar-refractivity contribution in [2.75, 3.05) is 6.54 Å². The summed E-state index contributed by atoms with van der Waals surface area (Å²) in [6.07, 6.45) is 0.101. The summed E-state index contributed by atoms with van der Waals surface area (Å²) in [4.78, 5) is 20.2. The number of benzene rings is 2. The molecule has 1 heterocycles. The molecule has 0 saturated carbocycles. The van der Waals surface area contributed by atoms with Crippen LogP contribution in [0.25, 0.3) is 11.0 Å². The number of carbonyl (C=O) groups is 1. The summed E-state index contributed by atoms with van der Waals surface area (Å²) in [6.45, 7) is 8.30. The molecule has 2 aromatic carbocycles. The number of H-pyrrole nitrogens is 1. The van der Waals surface area contributed by atoms with Crippen molar-refractivity contribution >= 4 is 16.9 Å². The molecule has 1 atom stereocenters. The van der Waals surface area contributed by atoms with Crippen LogP contribution in [-0.4, -0.2) is 28.5 Å². The van der Waals surface area contributed by atoms with E-state index in [0.717, 1.165) is 39.3 Å². The highest BCUT2D eigenvalue weighted by atomic mass is 16.5. The minimum Gasteiger partial charge on any atom is -0.481 e. The van der Waals surface area contributed by atoms with E-state index in [9.17, 15) is 4.79 Å². The van der Waals surface area contributed by atoms with Gasteiger partial charge in [-0.25, -0.2) is 4.98 Å². The third-order valence-electron chi connectivity index (χ3n) is 4.44. The molecule has 0 saturated heterocycles. The van der Waals surface area contributed by atoms with E-state index in [2.05, 4.69) is 15.3 Å². The second kappa shape index (κ2) is 7.60. The van der Waals surface area contributed by atoms with E-state index in [1.54, 1.807) is 6.92 Å². The van der Waals surface area contributed by atoms with E-state index in [1.165, 1.54) is 0 Å². The zero-order chi connectivity index (χ0) is 18.7. The maximum atomic E-state index is 12.3. The highest BCUT2D eigenvalue weighted by Gasteiger charge is 2.15. The molecular formula is C21H25N3O2. The number of carbonyl (C=O) groups excluding carboxylic acids is 1. The quantitative estimate of drug-likeness (QED) is 0.713. The summed E-state index contributed by atoms with van der Waals surface area (Å²) in [5.41, 5.74) is 5.29. The topological polar surface area (TPSA) is 67.0 Å². The molecule has 5 heteroatoms. The van der Waals surface area contributed by atoms with Gasteiger partial charge in [0.1, 0.15) is 11.6 Å². The lowest BCUT2D eigenvalue weighted by molar-refractivity contribution is -0.127. The summed E-state index contributed by atoms with van der Waals surface area (Å²) in [6, 6.07) is 12.0. The second-order valence-electron chi connectivity index (χ2n) is 6.72. The summed E-state index contributed by atoms with van der Waals surface area (Å²) in [5, 5.41) is 2.92. The van der Waals surface area contributed by atoms with Gasteiger partial charge in [-0.3, -0.25) is 4.79 Å². The van der Waals surface area contributed by atoms with Crippen LogP contribution in [0.2, 0.25) is 0 Å². The Kier molecular flexibility index (Phi) is 5.26. The third-order valence-corrected chi connectivity index (χ3v) is 4.44. The van der Waals surface area contributed by atoms with E-state index in [1.807, 2.05) is 57.2 Å². The van der Waals surface area contributed by atoms with E-state index in [0.29, 0.717) is 13.0 Å². The first kappa shape index (κ1) is 18.0. The average Bonchev–Trinajstić information content (AvgIpc) is 3.02. The van der Waals surface area contributed by atoms with Crippen molar-refractivity contribution in [3.05, 3.63) is 58.9 Å². The number of imidazole rings is 1. The summed E-state index contributed by atoms with van der Waals surface area (Å²) in [5.74, 6) is 1.50. The molecule has 1 amide bonds. The zero-order valence-corrected chi connectivity index (χ0v) is 15.7. The first-order valence-electron chi connectivity index (χ1n) is 8.90. The largest absolute Gasteiger partial charge is 0.481 e. The first-order chi connectivity index (χ1) is 12.4. The number of aromatic nitrogens is 2. The number of hydrogen-bond acceptors (Lipinski definition) is 3.